The summed E-state index contributed by atoms with van der Waals surface area (Å²) in [5.41, 5.74) is 0. The van der Waals surface area contributed by atoms with Crippen LogP contribution in [0.15, 0.2) is 0 Å². The predicted molar refractivity (Wildman–Crippen MR) is 35.6 cm³/mol. The Bertz CT molecular complexity index is 221. The monoisotopic (exact) mass is 183 g/mol. The second-order valence-corrected chi connectivity index (χ2v) is 3.73. The Morgan fingerprint density at radius 1 is 1.45 bits per heavy atom. The van der Waals surface area contributed by atoms with Gasteiger partial charge >= 0.3 is 5.97 Å². The molecule has 11 heavy (non-hydrogen) atoms. The van der Waals surface area contributed by atoms with Gasteiger partial charge in [0.2, 0.25) is 10.0 Å². The van der Waals surface area contributed by atoms with Crippen molar-refractivity contribution in [2.75, 3.05) is 5.75 Å². The summed E-state index contributed by atoms with van der Waals surface area (Å²) in [6.07, 6.45) is -0.230. The molecule has 0 amide bonds. The van der Waals surface area contributed by atoms with E-state index in [1.807, 2.05) is 0 Å². The van der Waals surface area contributed by atoms with Crippen LogP contribution < -0.4 is 4.89 Å². The number of carbonyl (C=O) groups is 1. The largest absolute Gasteiger partial charge is 0.481 e. The summed E-state index contributed by atoms with van der Waals surface area (Å²) in [6, 6.07) is 0. The molecule has 0 aliphatic carbocycles. The molecule has 66 valence electrons. The average Bonchev–Trinajstić information content (AvgIpc) is 1.87. The van der Waals surface area contributed by atoms with Crippen molar-refractivity contribution in [1.29, 1.82) is 0 Å². The highest BCUT2D eigenvalue weighted by atomic mass is 32.2. The summed E-state index contributed by atoms with van der Waals surface area (Å²) < 4.78 is 20.9. The highest BCUT2D eigenvalue weighted by Gasteiger charge is 2.08. The topological polar surface area (TPSA) is 104 Å². The van der Waals surface area contributed by atoms with Gasteiger partial charge in [0, 0.05) is 6.42 Å². The third-order valence-electron chi connectivity index (χ3n) is 0.943. The number of rotatable bonds is 5. The molecule has 0 aromatic rings. The van der Waals surface area contributed by atoms with Gasteiger partial charge in [-0.25, -0.2) is 8.42 Å². The predicted octanol–water partition coefficient (Wildman–Crippen LogP) is -0.840. The van der Waals surface area contributed by atoms with Gasteiger partial charge in [-0.1, -0.05) is 4.89 Å². The Hall–Kier alpha value is -0.660. The normalized spacial score (nSPS) is 11.4. The van der Waals surface area contributed by atoms with E-state index in [0.29, 0.717) is 0 Å². The maximum Gasteiger partial charge on any atom is 0.303 e. The van der Waals surface area contributed by atoms with Crippen molar-refractivity contribution in [2.24, 2.45) is 0 Å². The molecule has 0 aromatic heterocycles. The molecule has 0 spiro atoms. The van der Waals surface area contributed by atoms with E-state index in [1.165, 1.54) is 0 Å². The van der Waals surface area contributed by atoms with Crippen molar-refractivity contribution >= 4 is 16.0 Å². The summed E-state index contributed by atoms with van der Waals surface area (Å²) in [5, 5.41) is 16.1. The molecule has 0 bridgehead atoms. The van der Waals surface area contributed by atoms with Gasteiger partial charge < -0.3 is 10.3 Å². The molecule has 0 aromatic carbocycles. The molecular formula is C4H9NO5S. The summed E-state index contributed by atoms with van der Waals surface area (Å²) in [6.45, 7) is 0. The number of hydrogen-bond donors (Lipinski definition) is 3. The van der Waals surface area contributed by atoms with Crippen LogP contribution in [0.1, 0.15) is 12.8 Å². The first-order valence-electron chi connectivity index (χ1n) is 2.83. The molecule has 6 nitrogen and oxygen atoms in total. The van der Waals surface area contributed by atoms with Crippen LogP contribution in [0.3, 0.4) is 0 Å². The zero-order valence-corrected chi connectivity index (χ0v) is 6.47. The van der Waals surface area contributed by atoms with Gasteiger partial charge in [0.1, 0.15) is 0 Å². The van der Waals surface area contributed by atoms with Gasteiger partial charge in [-0.05, 0) is 6.42 Å². The SMILES string of the molecule is O=C(O)CCCS(=O)(=O)NO. The molecule has 3 N–H and O–H groups in total. The minimum absolute atomic E-state index is 0.00870. The van der Waals surface area contributed by atoms with Crippen molar-refractivity contribution in [3.8, 4) is 0 Å². The molecule has 0 heterocycles. The maximum atomic E-state index is 10.4. The van der Waals surface area contributed by atoms with Crippen LogP contribution in [-0.4, -0.2) is 30.5 Å². The van der Waals surface area contributed by atoms with Crippen LogP contribution in [-0.2, 0) is 14.8 Å². The minimum atomic E-state index is -3.67. The van der Waals surface area contributed by atoms with Crippen molar-refractivity contribution in [2.45, 2.75) is 12.8 Å². The Balaban J connectivity index is 3.63. The standard InChI is InChI=1S/C4H9NO5S/c6-4(7)2-1-3-11(9,10)5-8/h5,8H,1-3H2,(H,6,7). The maximum absolute atomic E-state index is 10.4. The van der Waals surface area contributed by atoms with Gasteiger partial charge in [-0.2, -0.15) is 0 Å². The molecule has 0 unspecified atom stereocenters. The highest BCUT2D eigenvalue weighted by Crippen LogP contribution is 1.93. The third-order valence-corrected chi connectivity index (χ3v) is 2.05. The Labute approximate surface area is 63.8 Å². The quantitative estimate of drug-likeness (QED) is 0.482. The minimum Gasteiger partial charge on any atom is -0.481 e. The van der Waals surface area contributed by atoms with Crippen LogP contribution in [0.25, 0.3) is 0 Å². The zero-order chi connectivity index (χ0) is 8.91. The molecule has 0 aliphatic rings. The van der Waals surface area contributed by atoms with Gasteiger partial charge in [-0.15, -0.1) is 0 Å². The van der Waals surface area contributed by atoms with E-state index in [4.69, 9.17) is 10.3 Å². The van der Waals surface area contributed by atoms with Crippen LogP contribution in [0.5, 0.6) is 0 Å². The van der Waals surface area contributed by atoms with Crippen LogP contribution in [0, 0.1) is 0 Å². The smallest absolute Gasteiger partial charge is 0.303 e. The van der Waals surface area contributed by atoms with Crippen molar-refractivity contribution in [3.05, 3.63) is 0 Å². The number of sulfonamides is 1. The second-order valence-electron chi connectivity index (χ2n) is 1.91. The van der Waals surface area contributed by atoms with Crippen LogP contribution in [0.4, 0.5) is 0 Å². The van der Waals surface area contributed by atoms with Gasteiger partial charge in [0.25, 0.3) is 0 Å². The fourth-order valence-corrected chi connectivity index (χ4v) is 1.07. The molecule has 0 fully saturated rings. The van der Waals surface area contributed by atoms with Crippen LogP contribution in [0.2, 0.25) is 0 Å². The Morgan fingerprint density at radius 3 is 2.36 bits per heavy atom. The molecule has 0 saturated carbocycles. The van der Waals surface area contributed by atoms with Gasteiger partial charge in [0.05, 0.1) is 5.75 Å². The first-order valence-corrected chi connectivity index (χ1v) is 4.48. The van der Waals surface area contributed by atoms with E-state index in [9.17, 15) is 13.2 Å². The second kappa shape index (κ2) is 4.27. The Kier molecular flexibility index (Phi) is 4.01. The van der Waals surface area contributed by atoms with Gasteiger partial charge in [0.15, 0.2) is 0 Å². The molecule has 0 aliphatic heterocycles. The lowest BCUT2D eigenvalue weighted by atomic mass is 10.3. The number of aliphatic carboxylic acids is 1. The molecular weight excluding hydrogens is 174 g/mol. The number of carboxylic acids is 1. The molecule has 0 rings (SSSR count). The van der Waals surface area contributed by atoms with Crippen molar-refractivity contribution < 1.29 is 23.5 Å². The number of nitrogens with one attached hydrogen (secondary N) is 1. The highest BCUT2D eigenvalue weighted by molar-refractivity contribution is 7.89. The van der Waals surface area contributed by atoms with Crippen molar-refractivity contribution in [1.82, 2.24) is 4.89 Å². The number of hydrogen-bond acceptors (Lipinski definition) is 4. The Morgan fingerprint density at radius 2 is 2.00 bits per heavy atom. The van der Waals surface area contributed by atoms with E-state index in [-0.39, 0.29) is 18.6 Å². The summed E-state index contributed by atoms with van der Waals surface area (Å²) in [7, 11) is -3.67. The summed E-state index contributed by atoms with van der Waals surface area (Å²) in [5.74, 6) is -1.44. The molecule has 0 saturated heterocycles. The van der Waals surface area contributed by atoms with E-state index in [1.54, 1.807) is 0 Å². The molecule has 0 radical (unpaired) electrons. The van der Waals surface area contributed by atoms with E-state index >= 15 is 0 Å². The zero-order valence-electron chi connectivity index (χ0n) is 5.65. The van der Waals surface area contributed by atoms with Crippen molar-refractivity contribution in [3.63, 3.8) is 0 Å². The first-order chi connectivity index (χ1) is 4.98. The third kappa shape index (κ3) is 5.77. The van der Waals surface area contributed by atoms with E-state index < -0.39 is 16.0 Å². The summed E-state index contributed by atoms with van der Waals surface area (Å²) >= 11 is 0. The van der Waals surface area contributed by atoms with Crippen LogP contribution >= 0.6 is 0 Å². The lowest BCUT2D eigenvalue weighted by Gasteiger charge is -1.97. The lowest BCUT2D eigenvalue weighted by Crippen LogP contribution is -2.22. The lowest BCUT2D eigenvalue weighted by molar-refractivity contribution is -0.137. The number of carboxylic acid groups (broad SMARTS) is 1. The van der Waals surface area contributed by atoms with E-state index in [0.717, 1.165) is 4.89 Å². The summed E-state index contributed by atoms with van der Waals surface area (Å²) in [4.78, 5) is 11.0. The molecule has 0 atom stereocenters. The van der Waals surface area contributed by atoms with Gasteiger partial charge in [-0.3, -0.25) is 4.79 Å². The first kappa shape index (κ1) is 10.3. The van der Waals surface area contributed by atoms with E-state index in [2.05, 4.69) is 0 Å². The fourth-order valence-electron chi connectivity index (χ4n) is 0.459. The molecule has 7 heteroatoms. The fraction of sp³-hybridized carbons (Fsp3) is 0.750. The average molecular weight is 183 g/mol.